The maximum Gasteiger partial charge on any atom is 0.311 e. The predicted molar refractivity (Wildman–Crippen MR) is 58.5 cm³/mol. The molecule has 1 aliphatic rings. The molecule has 0 aromatic carbocycles. The highest BCUT2D eigenvalue weighted by molar-refractivity contribution is 6.35. The molecule has 4 N–H and O–H groups in total. The average molecular weight is 229 g/mol. The fourth-order valence-corrected chi connectivity index (χ4v) is 1.60. The van der Waals surface area contributed by atoms with E-state index >= 15 is 0 Å². The molecule has 1 fully saturated rings. The second-order valence-corrected chi connectivity index (χ2v) is 4.33. The average Bonchev–Trinajstić information content (AvgIpc) is 2.25. The van der Waals surface area contributed by atoms with Gasteiger partial charge in [-0.1, -0.05) is 0 Å². The first-order chi connectivity index (χ1) is 7.46. The van der Waals surface area contributed by atoms with E-state index in [9.17, 15) is 14.7 Å². The third-order valence-electron chi connectivity index (χ3n) is 2.75. The Morgan fingerprint density at radius 3 is 2.50 bits per heavy atom. The number of piperidine rings is 1. The van der Waals surface area contributed by atoms with E-state index in [2.05, 4.69) is 5.32 Å². The van der Waals surface area contributed by atoms with E-state index in [0.717, 1.165) is 0 Å². The molecule has 0 spiro atoms. The van der Waals surface area contributed by atoms with E-state index < -0.39 is 17.4 Å². The molecule has 0 aromatic rings. The molecule has 92 valence electrons. The molecule has 16 heavy (non-hydrogen) atoms. The lowest BCUT2D eigenvalue weighted by molar-refractivity contribution is -0.148. The Labute approximate surface area is 94.8 Å². The molecule has 0 bridgehead atoms. The number of nitrogens with two attached hydrogens (primary N) is 1. The Balaban J connectivity index is 2.41. The minimum absolute atomic E-state index is 0.302. The third-order valence-corrected chi connectivity index (χ3v) is 2.75. The number of rotatable bonds is 2. The lowest BCUT2D eigenvalue weighted by Crippen LogP contribution is -2.50. The lowest BCUT2D eigenvalue weighted by Gasteiger charge is -2.35. The number of carbonyl (C=O) groups is 2. The summed E-state index contributed by atoms with van der Waals surface area (Å²) in [4.78, 5) is 24.4. The van der Waals surface area contributed by atoms with Gasteiger partial charge in [0.15, 0.2) is 0 Å². The number of amides is 2. The van der Waals surface area contributed by atoms with E-state index in [1.54, 1.807) is 6.92 Å². The Morgan fingerprint density at radius 1 is 1.44 bits per heavy atom. The van der Waals surface area contributed by atoms with Gasteiger partial charge in [0.05, 0.1) is 5.60 Å². The largest absolute Gasteiger partial charge is 0.390 e. The minimum atomic E-state index is -0.718. The van der Waals surface area contributed by atoms with Gasteiger partial charge < -0.3 is 21.1 Å². The SMILES string of the molecule is CC1(O)CCN(C(=O)C(=O)NCCN)CC1. The van der Waals surface area contributed by atoms with Gasteiger partial charge in [-0.05, 0) is 19.8 Å². The molecule has 0 radical (unpaired) electrons. The molecule has 2 amide bonds. The van der Waals surface area contributed by atoms with Crippen molar-refractivity contribution in [2.45, 2.75) is 25.4 Å². The number of carbonyl (C=O) groups excluding carboxylic acids is 2. The highest BCUT2D eigenvalue weighted by Crippen LogP contribution is 2.20. The standard InChI is InChI=1S/C10H19N3O3/c1-10(16)2-6-13(7-3-10)9(15)8(14)12-5-4-11/h16H,2-7,11H2,1H3,(H,12,14). The van der Waals surface area contributed by atoms with Gasteiger partial charge in [0.25, 0.3) is 0 Å². The van der Waals surface area contributed by atoms with E-state index in [1.165, 1.54) is 4.90 Å². The summed E-state index contributed by atoms with van der Waals surface area (Å²) in [5.41, 5.74) is 4.50. The van der Waals surface area contributed by atoms with E-state index in [1.807, 2.05) is 0 Å². The number of hydrogen-bond donors (Lipinski definition) is 3. The number of nitrogens with zero attached hydrogens (tertiary/aromatic N) is 1. The zero-order valence-electron chi connectivity index (χ0n) is 9.53. The minimum Gasteiger partial charge on any atom is -0.390 e. The molecule has 1 saturated heterocycles. The second kappa shape index (κ2) is 5.27. The zero-order valence-corrected chi connectivity index (χ0v) is 9.53. The Hall–Kier alpha value is -1.14. The number of likely N-dealkylation sites (tertiary alicyclic amines) is 1. The molecular formula is C10H19N3O3. The molecule has 0 aromatic heterocycles. The first kappa shape index (κ1) is 12.9. The summed E-state index contributed by atoms with van der Waals surface area (Å²) in [6.45, 7) is 3.19. The first-order valence-corrected chi connectivity index (χ1v) is 5.46. The summed E-state index contributed by atoms with van der Waals surface area (Å²) >= 11 is 0. The highest BCUT2D eigenvalue weighted by atomic mass is 16.3. The van der Waals surface area contributed by atoms with Crippen molar-refractivity contribution in [2.24, 2.45) is 5.73 Å². The summed E-state index contributed by atoms with van der Waals surface area (Å²) in [6.07, 6.45) is 1.01. The molecule has 0 saturated carbocycles. The summed E-state index contributed by atoms with van der Waals surface area (Å²) in [7, 11) is 0. The van der Waals surface area contributed by atoms with Crippen LogP contribution in [-0.2, 0) is 9.59 Å². The van der Waals surface area contributed by atoms with Crippen LogP contribution in [0.25, 0.3) is 0 Å². The number of nitrogens with one attached hydrogen (secondary N) is 1. The van der Waals surface area contributed by atoms with Crippen molar-refractivity contribution in [3.63, 3.8) is 0 Å². The predicted octanol–water partition coefficient (Wildman–Crippen LogP) is -1.57. The zero-order chi connectivity index (χ0) is 12.2. The summed E-state index contributed by atoms with van der Waals surface area (Å²) < 4.78 is 0. The maximum atomic E-state index is 11.6. The highest BCUT2D eigenvalue weighted by Gasteiger charge is 2.31. The first-order valence-electron chi connectivity index (χ1n) is 5.46. The molecule has 0 atom stereocenters. The van der Waals surface area contributed by atoms with E-state index in [4.69, 9.17) is 5.73 Å². The van der Waals surface area contributed by atoms with Crippen LogP contribution in [0.2, 0.25) is 0 Å². The van der Waals surface area contributed by atoms with Crippen LogP contribution in [0.5, 0.6) is 0 Å². The Kier molecular flexibility index (Phi) is 4.26. The van der Waals surface area contributed by atoms with Crippen molar-refractivity contribution in [1.82, 2.24) is 10.2 Å². The second-order valence-electron chi connectivity index (χ2n) is 4.33. The summed E-state index contributed by atoms with van der Waals surface area (Å²) in [5.74, 6) is -1.16. The van der Waals surface area contributed by atoms with Gasteiger partial charge >= 0.3 is 11.8 Å². The van der Waals surface area contributed by atoms with Gasteiger partial charge in [0, 0.05) is 26.2 Å². The number of aliphatic hydroxyl groups is 1. The molecule has 0 unspecified atom stereocenters. The third kappa shape index (κ3) is 3.46. The molecule has 1 rings (SSSR count). The fourth-order valence-electron chi connectivity index (χ4n) is 1.60. The van der Waals surface area contributed by atoms with Gasteiger partial charge in [-0.3, -0.25) is 9.59 Å². The van der Waals surface area contributed by atoms with Gasteiger partial charge in [-0.2, -0.15) is 0 Å². The Bertz CT molecular complexity index is 268. The number of hydrogen-bond acceptors (Lipinski definition) is 4. The van der Waals surface area contributed by atoms with E-state index in [0.29, 0.717) is 39.0 Å². The van der Waals surface area contributed by atoms with E-state index in [-0.39, 0.29) is 0 Å². The molecule has 6 nitrogen and oxygen atoms in total. The Morgan fingerprint density at radius 2 is 2.00 bits per heavy atom. The van der Waals surface area contributed by atoms with Crippen LogP contribution in [-0.4, -0.2) is 53.6 Å². The van der Waals surface area contributed by atoms with Crippen molar-refractivity contribution >= 4 is 11.8 Å². The lowest BCUT2D eigenvalue weighted by atomic mass is 9.94. The van der Waals surface area contributed by atoms with Crippen molar-refractivity contribution < 1.29 is 14.7 Å². The van der Waals surface area contributed by atoms with Crippen LogP contribution in [0, 0.1) is 0 Å². The molecule has 1 heterocycles. The van der Waals surface area contributed by atoms with Gasteiger partial charge in [-0.25, -0.2) is 0 Å². The molecular weight excluding hydrogens is 210 g/mol. The quantitative estimate of drug-likeness (QED) is 0.499. The van der Waals surface area contributed by atoms with Crippen LogP contribution in [0.1, 0.15) is 19.8 Å². The topological polar surface area (TPSA) is 95.7 Å². The van der Waals surface area contributed by atoms with Crippen molar-refractivity contribution in [2.75, 3.05) is 26.2 Å². The fraction of sp³-hybridized carbons (Fsp3) is 0.800. The van der Waals surface area contributed by atoms with Crippen molar-refractivity contribution in [1.29, 1.82) is 0 Å². The van der Waals surface area contributed by atoms with Crippen LogP contribution < -0.4 is 11.1 Å². The van der Waals surface area contributed by atoms with Gasteiger partial charge in [0.2, 0.25) is 0 Å². The van der Waals surface area contributed by atoms with Crippen LogP contribution in [0.15, 0.2) is 0 Å². The van der Waals surface area contributed by atoms with Gasteiger partial charge in [0.1, 0.15) is 0 Å². The van der Waals surface area contributed by atoms with Gasteiger partial charge in [-0.15, -0.1) is 0 Å². The molecule has 0 aliphatic carbocycles. The summed E-state index contributed by atoms with van der Waals surface area (Å²) in [6, 6.07) is 0. The van der Waals surface area contributed by atoms with Crippen LogP contribution in [0.3, 0.4) is 0 Å². The monoisotopic (exact) mass is 229 g/mol. The maximum absolute atomic E-state index is 11.6. The molecule has 6 heteroatoms. The van der Waals surface area contributed by atoms with Crippen molar-refractivity contribution in [3.05, 3.63) is 0 Å². The molecule has 1 aliphatic heterocycles. The smallest absolute Gasteiger partial charge is 0.311 e. The van der Waals surface area contributed by atoms with Crippen LogP contribution >= 0.6 is 0 Å². The van der Waals surface area contributed by atoms with Crippen molar-refractivity contribution in [3.8, 4) is 0 Å². The van der Waals surface area contributed by atoms with Crippen LogP contribution in [0.4, 0.5) is 0 Å². The summed E-state index contributed by atoms with van der Waals surface area (Å²) in [5, 5.41) is 12.1. The normalized spacial score (nSPS) is 19.3.